The molecule has 0 heterocycles. The number of nitrogens with one attached hydrogen (secondary N) is 1. The van der Waals surface area contributed by atoms with E-state index in [0.29, 0.717) is 13.1 Å². The van der Waals surface area contributed by atoms with Crippen LogP contribution in [0.4, 0.5) is 0 Å². The van der Waals surface area contributed by atoms with Crippen molar-refractivity contribution in [2.45, 2.75) is 31.3 Å². The highest BCUT2D eigenvalue weighted by Gasteiger charge is 2.14. The van der Waals surface area contributed by atoms with Crippen LogP contribution in [0.15, 0.2) is 59.5 Å². The molecule has 0 aliphatic carbocycles. The van der Waals surface area contributed by atoms with Crippen LogP contribution in [0, 0.1) is 0 Å². The SMILES string of the molecule is CCN(CC(=O)N[C@H](C)c1ccc(S(N)(=O)=O)cc1)Cc1ccccc1. The molecule has 140 valence electrons. The fraction of sp³-hybridized carbons (Fsp3) is 0.316. The molecule has 0 spiro atoms. The summed E-state index contributed by atoms with van der Waals surface area (Å²) >= 11 is 0. The molecule has 0 saturated heterocycles. The lowest BCUT2D eigenvalue weighted by atomic mass is 10.1. The summed E-state index contributed by atoms with van der Waals surface area (Å²) in [6.45, 7) is 5.65. The van der Waals surface area contributed by atoms with Crippen molar-refractivity contribution in [2.75, 3.05) is 13.1 Å². The maximum atomic E-state index is 12.3. The molecule has 0 bridgehead atoms. The molecule has 0 fully saturated rings. The van der Waals surface area contributed by atoms with Crippen molar-refractivity contribution < 1.29 is 13.2 Å². The van der Waals surface area contributed by atoms with E-state index in [1.807, 2.05) is 44.2 Å². The monoisotopic (exact) mass is 375 g/mol. The minimum atomic E-state index is -3.71. The first-order chi connectivity index (χ1) is 12.3. The third kappa shape index (κ3) is 5.94. The number of benzene rings is 2. The smallest absolute Gasteiger partial charge is 0.238 e. The molecule has 3 N–H and O–H groups in total. The second-order valence-corrected chi connectivity index (χ2v) is 7.75. The maximum absolute atomic E-state index is 12.3. The average molecular weight is 375 g/mol. The molecule has 0 radical (unpaired) electrons. The summed E-state index contributed by atoms with van der Waals surface area (Å²) in [5.41, 5.74) is 1.98. The molecule has 2 rings (SSSR count). The number of hydrogen-bond donors (Lipinski definition) is 2. The van der Waals surface area contributed by atoms with Crippen LogP contribution in [0.5, 0.6) is 0 Å². The molecule has 0 aliphatic heterocycles. The van der Waals surface area contributed by atoms with E-state index in [0.717, 1.165) is 17.7 Å². The molecule has 2 aromatic carbocycles. The summed E-state index contributed by atoms with van der Waals surface area (Å²) in [5.74, 6) is -0.0780. The summed E-state index contributed by atoms with van der Waals surface area (Å²) < 4.78 is 22.6. The molecule has 1 amide bonds. The van der Waals surface area contributed by atoms with Crippen LogP contribution in [0.2, 0.25) is 0 Å². The minimum Gasteiger partial charge on any atom is -0.348 e. The van der Waals surface area contributed by atoms with Crippen molar-refractivity contribution in [1.82, 2.24) is 10.2 Å². The molecule has 0 saturated carbocycles. The van der Waals surface area contributed by atoms with Gasteiger partial charge in [0.05, 0.1) is 17.5 Å². The number of carbonyl (C=O) groups is 1. The maximum Gasteiger partial charge on any atom is 0.238 e. The lowest BCUT2D eigenvalue weighted by Crippen LogP contribution is -2.38. The van der Waals surface area contributed by atoms with Crippen LogP contribution in [0.3, 0.4) is 0 Å². The first-order valence-corrected chi connectivity index (χ1v) is 10.0. The molecule has 0 unspecified atom stereocenters. The second kappa shape index (κ2) is 8.93. The quantitative estimate of drug-likeness (QED) is 0.738. The van der Waals surface area contributed by atoms with Gasteiger partial charge in [0.25, 0.3) is 0 Å². The Morgan fingerprint density at radius 2 is 1.73 bits per heavy atom. The Labute approximate surface area is 155 Å². The third-order valence-electron chi connectivity index (χ3n) is 4.15. The number of amides is 1. The molecule has 6 nitrogen and oxygen atoms in total. The zero-order chi connectivity index (χ0) is 19.2. The van der Waals surface area contributed by atoms with E-state index < -0.39 is 10.0 Å². The van der Waals surface area contributed by atoms with Crippen LogP contribution < -0.4 is 10.5 Å². The van der Waals surface area contributed by atoms with Gasteiger partial charge in [0.1, 0.15) is 0 Å². The van der Waals surface area contributed by atoms with Crippen LogP contribution in [0.1, 0.15) is 31.0 Å². The van der Waals surface area contributed by atoms with Gasteiger partial charge in [0, 0.05) is 6.54 Å². The number of primary sulfonamides is 1. The largest absolute Gasteiger partial charge is 0.348 e. The molecule has 2 aromatic rings. The van der Waals surface area contributed by atoms with E-state index in [2.05, 4.69) is 10.2 Å². The van der Waals surface area contributed by atoms with E-state index >= 15 is 0 Å². The van der Waals surface area contributed by atoms with Gasteiger partial charge >= 0.3 is 0 Å². The van der Waals surface area contributed by atoms with E-state index in [-0.39, 0.29) is 16.8 Å². The molecule has 0 aromatic heterocycles. The Kier molecular flexibility index (Phi) is 6.90. The Morgan fingerprint density at radius 3 is 2.27 bits per heavy atom. The second-order valence-electron chi connectivity index (χ2n) is 6.19. The normalized spacial score (nSPS) is 12.8. The molecule has 26 heavy (non-hydrogen) atoms. The molecule has 1 atom stereocenters. The highest BCUT2D eigenvalue weighted by Crippen LogP contribution is 2.15. The number of rotatable bonds is 8. The van der Waals surface area contributed by atoms with Crippen molar-refractivity contribution >= 4 is 15.9 Å². The summed E-state index contributed by atoms with van der Waals surface area (Å²) in [6, 6.07) is 16.0. The number of nitrogens with zero attached hydrogens (tertiary/aromatic N) is 1. The van der Waals surface area contributed by atoms with E-state index in [4.69, 9.17) is 5.14 Å². The summed E-state index contributed by atoms with van der Waals surface area (Å²) in [7, 11) is -3.71. The molecular weight excluding hydrogens is 350 g/mol. The van der Waals surface area contributed by atoms with Gasteiger partial charge in [-0.1, -0.05) is 49.4 Å². The van der Waals surface area contributed by atoms with E-state index in [1.165, 1.54) is 12.1 Å². The zero-order valence-corrected chi connectivity index (χ0v) is 15.9. The van der Waals surface area contributed by atoms with Gasteiger partial charge in [-0.15, -0.1) is 0 Å². The van der Waals surface area contributed by atoms with Crippen LogP contribution in [-0.2, 0) is 21.4 Å². The predicted octanol–water partition coefficient (Wildman–Crippen LogP) is 2.03. The lowest BCUT2D eigenvalue weighted by molar-refractivity contribution is -0.123. The number of carbonyl (C=O) groups excluding carboxylic acids is 1. The van der Waals surface area contributed by atoms with Gasteiger partial charge in [0.15, 0.2) is 0 Å². The Morgan fingerprint density at radius 1 is 1.12 bits per heavy atom. The van der Waals surface area contributed by atoms with Crippen molar-refractivity contribution in [1.29, 1.82) is 0 Å². The minimum absolute atomic E-state index is 0.0554. The van der Waals surface area contributed by atoms with E-state index in [9.17, 15) is 13.2 Å². The standard InChI is InChI=1S/C19H25N3O3S/c1-3-22(13-16-7-5-4-6-8-16)14-19(23)21-15(2)17-9-11-18(12-10-17)26(20,24)25/h4-12,15H,3,13-14H2,1-2H3,(H,21,23)(H2,20,24,25)/t15-/m1/s1. The number of likely N-dealkylation sites (N-methyl/N-ethyl adjacent to an activating group) is 1. The van der Waals surface area contributed by atoms with Gasteiger partial charge in [-0.05, 0) is 36.7 Å². The first kappa shape index (κ1) is 20.1. The molecule has 0 aliphatic rings. The van der Waals surface area contributed by atoms with Crippen molar-refractivity contribution in [3.05, 3.63) is 65.7 Å². The predicted molar refractivity (Wildman–Crippen MR) is 102 cm³/mol. The summed E-state index contributed by atoms with van der Waals surface area (Å²) in [5, 5.41) is 8.04. The highest BCUT2D eigenvalue weighted by atomic mass is 32.2. The number of nitrogens with two attached hydrogens (primary N) is 1. The van der Waals surface area contributed by atoms with Gasteiger partial charge in [0.2, 0.25) is 15.9 Å². The molecular formula is C19H25N3O3S. The Balaban J connectivity index is 1.93. The Bertz CT molecular complexity index is 821. The fourth-order valence-electron chi connectivity index (χ4n) is 2.64. The first-order valence-electron chi connectivity index (χ1n) is 8.48. The Hall–Kier alpha value is -2.22. The van der Waals surface area contributed by atoms with Gasteiger partial charge in [-0.3, -0.25) is 9.69 Å². The molecule has 7 heteroatoms. The van der Waals surface area contributed by atoms with Gasteiger partial charge in [-0.25, -0.2) is 13.6 Å². The van der Waals surface area contributed by atoms with Crippen LogP contribution in [-0.4, -0.2) is 32.3 Å². The van der Waals surface area contributed by atoms with Crippen LogP contribution in [0.25, 0.3) is 0 Å². The van der Waals surface area contributed by atoms with Crippen LogP contribution >= 0.6 is 0 Å². The van der Waals surface area contributed by atoms with Crippen molar-refractivity contribution in [2.24, 2.45) is 5.14 Å². The average Bonchev–Trinajstić information content (AvgIpc) is 2.61. The summed E-state index contributed by atoms with van der Waals surface area (Å²) in [6.07, 6.45) is 0. The number of hydrogen-bond acceptors (Lipinski definition) is 4. The van der Waals surface area contributed by atoms with Crippen molar-refractivity contribution in [3.8, 4) is 0 Å². The van der Waals surface area contributed by atoms with E-state index in [1.54, 1.807) is 12.1 Å². The van der Waals surface area contributed by atoms with Gasteiger partial charge in [-0.2, -0.15) is 0 Å². The lowest BCUT2D eigenvalue weighted by Gasteiger charge is -2.22. The van der Waals surface area contributed by atoms with Gasteiger partial charge < -0.3 is 5.32 Å². The number of sulfonamides is 1. The topological polar surface area (TPSA) is 92.5 Å². The van der Waals surface area contributed by atoms with Crippen molar-refractivity contribution in [3.63, 3.8) is 0 Å². The summed E-state index contributed by atoms with van der Waals surface area (Å²) in [4.78, 5) is 14.5. The zero-order valence-electron chi connectivity index (χ0n) is 15.1. The fourth-order valence-corrected chi connectivity index (χ4v) is 3.16. The third-order valence-corrected chi connectivity index (χ3v) is 5.08. The highest BCUT2D eigenvalue weighted by molar-refractivity contribution is 7.89.